The van der Waals surface area contributed by atoms with E-state index in [4.69, 9.17) is 14.2 Å². The molecule has 0 bridgehead atoms. The second-order valence-electron chi connectivity index (χ2n) is 6.17. The van der Waals surface area contributed by atoms with E-state index in [0.717, 1.165) is 11.3 Å². The minimum absolute atomic E-state index is 0.0988. The number of halogens is 1. The third-order valence-corrected chi connectivity index (χ3v) is 4.11. The fourth-order valence-corrected chi connectivity index (χ4v) is 2.54. The minimum atomic E-state index is -0.938. The molecule has 0 fully saturated rings. The highest BCUT2D eigenvalue weighted by atomic mass is 19.1. The average Bonchev–Trinajstić information content (AvgIpc) is 2.68. The van der Waals surface area contributed by atoms with Crippen LogP contribution in [0, 0.1) is 5.82 Å². The van der Waals surface area contributed by atoms with Crippen LogP contribution in [-0.4, -0.2) is 38.7 Å². The molecule has 0 aliphatic carbocycles. The van der Waals surface area contributed by atoms with Crippen molar-refractivity contribution >= 4 is 11.9 Å². The SMILES string of the molecule is COc1ccc(CCNC(=O)[C@H](C)OC(=O)Cc2ccc(OC)c(F)c2)cc1. The van der Waals surface area contributed by atoms with Gasteiger partial charge in [0.1, 0.15) is 5.75 Å². The third-order valence-electron chi connectivity index (χ3n) is 4.11. The van der Waals surface area contributed by atoms with Crippen molar-refractivity contribution < 1.29 is 28.2 Å². The molecule has 0 unspecified atom stereocenters. The Hall–Kier alpha value is -3.09. The van der Waals surface area contributed by atoms with Gasteiger partial charge in [0.05, 0.1) is 20.6 Å². The molecular weight excluding hydrogens is 365 g/mol. The van der Waals surface area contributed by atoms with Crippen molar-refractivity contribution in [2.75, 3.05) is 20.8 Å². The van der Waals surface area contributed by atoms with Gasteiger partial charge in [-0.1, -0.05) is 18.2 Å². The molecule has 7 heteroatoms. The molecule has 2 aromatic rings. The van der Waals surface area contributed by atoms with Gasteiger partial charge in [-0.3, -0.25) is 9.59 Å². The number of hydrogen-bond acceptors (Lipinski definition) is 5. The lowest BCUT2D eigenvalue weighted by Crippen LogP contribution is -2.37. The minimum Gasteiger partial charge on any atom is -0.497 e. The van der Waals surface area contributed by atoms with Crippen LogP contribution in [0.15, 0.2) is 42.5 Å². The van der Waals surface area contributed by atoms with E-state index >= 15 is 0 Å². The summed E-state index contributed by atoms with van der Waals surface area (Å²) < 4.78 is 28.7. The Morgan fingerprint density at radius 2 is 1.71 bits per heavy atom. The fourth-order valence-electron chi connectivity index (χ4n) is 2.54. The maximum Gasteiger partial charge on any atom is 0.311 e. The Morgan fingerprint density at radius 1 is 1.04 bits per heavy atom. The Balaban J connectivity index is 1.76. The molecule has 2 rings (SSSR count). The zero-order valence-corrected chi connectivity index (χ0v) is 16.2. The first-order valence-corrected chi connectivity index (χ1v) is 8.85. The lowest BCUT2D eigenvalue weighted by atomic mass is 10.1. The molecule has 0 aromatic heterocycles. The van der Waals surface area contributed by atoms with E-state index in [-0.39, 0.29) is 18.1 Å². The summed E-state index contributed by atoms with van der Waals surface area (Å²) in [5.74, 6) is -0.686. The first-order chi connectivity index (χ1) is 13.4. The normalized spacial score (nSPS) is 11.4. The summed E-state index contributed by atoms with van der Waals surface area (Å²) in [6.07, 6.45) is -0.433. The van der Waals surface area contributed by atoms with E-state index in [1.54, 1.807) is 13.2 Å². The molecule has 0 heterocycles. The summed E-state index contributed by atoms with van der Waals surface area (Å²) >= 11 is 0. The second-order valence-corrected chi connectivity index (χ2v) is 6.17. The van der Waals surface area contributed by atoms with Crippen molar-refractivity contribution in [3.8, 4) is 11.5 Å². The van der Waals surface area contributed by atoms with Gasteiger partial charge >= 0.3 is 5.97 Å². The van der Waals surface area contributed by atoms with Crippen LogP contribution < -0.4 is 14.8 Å². The molecule has 1 atom stereocenters. The first kappa shape index (κ1) is 21.2. The standard InChI is InChI=1S/C21H24FNO5/c1-14(21(25)23-11-10-15-4-7-17(26-2)8-5-15)28-20(24)13-16-6-9-19(27-3)18(22)12-16/h4-9,12,14H,10-11,13H2,1-3H3,(H,23,25)/t14-/m0/s1. The van der Waals surface area contributed by atoms with E-state index in [1.165, 1.54) is 26.2 Å². The number of hydrogen-bond donors (Lipinski definition) is 1. The van der Waals surface area contributed by atoms with E-state index in [2.05, 4.69) is 5.32 Å². The fraction of sp³-hybridized carbons (Fsp3) is 0.333. The third kappa shape index (κ3) is 6.26. The van der Waals surface area contributed by atoms with E-state index < -0.39 is 17.9 Å². The molecule has 2 aromatic carbocycles. The van der Waals surface area contributed by atoms with Crippen LogP contribution >= 0.6 is 0 Å². The van der Waals surface area contributed by atoms with Crippen LogP contribution in [0.4, 0.5) is 4.39 Å². The largest absolute Gasteiger partial charge is 0.497 e. The molecule has 28 heavy (non-hydrogen) atoms. The van der Waals surface area contributed by atoms with E-state index in [1.807, 2.05) is 24.3 Å². The maximum atomic E-state index is 13.7. The van der Waals surface area contributed by atoms with Gasteiger partial charge in [-0.15, -0.1) is 0 Å². The van der Waals surface area contributed by atoms with Crippen LogP contribution in [0.5, 0.6) is 11.5 Å². The lowest BCUT2D eigenvalue weighted by Gasteiger charge is -2.14. The van der Waals surface area contributed by atoms with Crippen LogP contribution in [-0.2, 0) is 27.2 Å². The number of carbonyl (C=O) groups is 2. The quantitative estimate of drug-likeness (QED) is 0.668. The van der Waals surface area contributed by atoms with Crippen molar-refractivity contribution in [1.82, 2.24) is 5.32 Å². The topological polar surface area (TPSA) is 73.9 Å². The monoisotopic (exact) mass is 389 g/mol. The molecular formula is C21H24FNO5. The maximum absolute atomic E-state index is 13.7. The summed E-state index contributed by atoms with van der Waals surface area (Å²) in [4.78, 5) is 24.1. The predicted molar refractivity (Wildman–Crippen MR) is 102 cm³/mol. The van der Waals surface area contributed by atoms with Gasteiger partial charge in [0.2, 0.25) is 0 Å². The number of methoxy groups -OCH3 is 2. The van der Waals surface area contributed by atoms with Gasteiger partial charge in [-0.05, 0) is 48.7 Å². The van der Waals surface area contributed by atoms with E-state index in [9.17, 15) is 14.0 Å². The molecule has 0 saturated heterocycles. The van der Waals surface area contributed by atoms with Crippen LogP contribution in [0.3, 0.4) is 0 Å². The van der Waals surface area contributed by atoms with Gasteiger partial charge in [-0.2, -0.15) is 0 Å². The highest BCUT2D eigenvalue weighted by Crippen LogP contribution is 2.18. The molecule has 0 aliphatic heterocycles. The molecule has 0 saturated carbocycles. The number of amides is 1. The van der Waals surface area contributed by atoms with Crippen molar-refractivity contribution in [3.63, 3.8) is 0 Å². The Kier molecular flexibility index (Phi) is 7.80. The number of esters is 1. The van der Waals surface area contributed by atoms with Crippen molar-refractivity contribution in [2.24, 2.45) is 0 Å². The van der Waals surface area contributed by atoms with E-state index in [0.29, 0.717) is 18.5 Å². The van der Waals surface area contributed by atoms with Crippen molar-refractivity contribution in [1.29, 1.82) is 0 Å². The summed E-state index contributed by atoms with van der Waals surface area (Å²) in [5.41, 5.74) is 1.49. The summed E-state index contributed by atoms with van der Waals surface area (Å²) in [6, 6.07) is 11.8. The zero-order valence-electron chi connectivity index (χ0n) is 16.2. The molecule has 0 aliphatic rings. The summed E-state index contributed by atoms with van der Waals surface area (Å²) in [7, 11) is 2.96. The zero-order chi connectivity index (χ0) is 20.5. The van der Waals surface area contributed by atoms with Gasteiger partial charge in [0.25, 0.3) is 5.91 Å². The molecule has 6 nitrogen and oxygen atoms in total. The van der Waals surface area contributed by atoms with Crippen molar-refractivity contribution in [2.45, 2.75) is 25.9 Å². The van der Waals surface area contributed by atoms with Crippen molar-refractivity contribution in [3.05, 3.63) is 59.4 Å². The number of carbonyl (C=O) groups excluding carboxylic acids is 2. The number of rotatable bonds is 9. The Bertz CT molecular complexity index is 807. The lowest BCUT2D eigenvalue weighted by molar-refractivity contribution is -0.154. The summed E-state index contributed by atoms with van der Waals surface area (Å²) in [6.45, 7) is 1.91. The first-order valence-electron chi connectivity index (χ1n) is 8.85. The second kappa shape index (κ2) is 10.3. The Morgan fingerprint density at radius 3 is 2.32 bits per heavy atom. The molecule has 1 N–H and O–H groups in total. The molecule has 1 amide bonds. The van der Waals surface area contributed by atoms with Gasteiger partial charge in [-0.25, -0.2) is 4.39 Å². The van der Waals surface area contributed by atoms with Crippen LogP contribution in [0.2, 0.25) is 0 Å². The predicted octanol–water partition coefficient (Wildman–Crippen LogP) is 2.68. The molecule has 150 valence electrons. The number of nitrogens with one attached hydrogen (secondary N) is 1. The Labute approximate surface area is 163 Å². The molecule has 0 radical (unpaired) electrons. The summed E-state index contributed by atoms with van der Waals surface area (Å²) in [5, 5.41) is 2.73. The smallest absolute Gasteiger partial charge is 0.311 e. The molecule has 0 spiro atoms. The number of benzene rings is 2. The van der Waals surface area contributed by atoms with Crippen LogP contribution in [0.25, 0.3) is 0 Å². The highest BCUT2D eigenvalue weighted by molar-refractivity contribution is 5.83. The highest BCUT2D eigenvalue weighted by Gasteiger charge is 2.18. The van der Waals surface area contributed by atoms with Gasteiger partial charge < -0.3 is 19.5 Å². The average molecular weight is 389 g/mol. The van der Waals surface area contributed by atoms with Crippen LogP contribution in [0.1, 0.15) is 18.1 Å². The van der Waals surface area contributed by atoms with Gasteiger partial charge in [0.15, 0.2) is 17.7 Å². The number of ether oxygens (including phenoxy) is 3. The van der Waals surface area contributed by atoms with Gasteiger partial charge in [0, 0.05) is 6.54 Å².